The molecule has 1 saturated heterocycles. The second-order valence-electron chi connectivity index (χ2n) is 3.82. The first-order chi connectivity index (χ1) is 6.66. The summed E-state index contributed by atoms with van der Waals surface area (Å²) >= 11 is 5.97. The van der Waals surface area contributed by atoms with Crippen LogP contribution in [0.25, 0.3) is 0 Å². The summed E-state index contributed by atoms with van der Waals surface area (Å²) in [6.45, 7) is 7.11. The molecular weight excluding hydrogens is 196 g/mol. The average molecular weight is 210 g/mol. The Labute approximate surface area is 89.9 Å². The van der Waals surface area contributed by atoms with Gasteiger partial charge in [-0.3, -0.25) is 0 Å². The van der Waals surface area contributed by atoms with Crippen LogP contribution in [0, 0.1) is 6.92 Å². The number of pyridine rings is 1. The standard InChI is InChI=1S/C11H14ClN2/c1-8-6-10(12)7-11(13-8)14-5-3-4-9(14)2/h6-7,9H,1,3-5H2,2H3/t9-/m1/s1. The largest absolute Gasteiger partial charge is 0.354 e. The molecule has 1 atom stereocenters. The third-order valence-electron chi connectivity index (χ3n) is 2.68. The van der Waals surface area contributed by atoms with E-state index in [0.29, 0.717) is 6.04 Å². The number of rotatable bonds is 1. The monoisotopic (exact) mass is 209 g/mol. The molecule has 0 aliphatic carbocycles. The van der Waals surface area contributed by atoms with Gasteiger partial charge >= 0.3 is 0 Å². The fourth-order valence-electron chi connectivity index (χ4n) is 1.96. The molecular formula is C11H14ClN2. The average Bonchev–Trinajstić information content (AvgIpc) is 2.49. The molecule has 1 aliphatic rings. The van der Waals surface area contributed by atoms with Gasteiger partial charge in [0.15, 0.2) is 0 Å². The first kappa shape index (κ1) is 9.78. The lowest BCUT2D eigenvalue weighted by molar-refractivity contribution is 0.727. The van der Waals surface area contributed by atoms with Crippen molar-refractivity contribution < 1.29 is 0 Å². The molecule has 1 fully saturated rings. The minimum atomic E-state index is 0.570. The van der Waals surface area contributed by atoms with Crippen LogP contribution in [-0.4, -0.2) is 17.6 Å². The molecule has 0 unspecified atom stereocenters. The van der Waals surface area contributed by atoms with Gasteiger partial charge in [0.1, 0.15) is 5.82 Å². The van der Waals surface area contributed by atoms with E-state index in [2.05, 4.69) is 23.7 Å². The number of halogens is 1. The minimum Gasteiger partial charge on any atom is -0.354 e. The first-order valence-corrected chi connectivity index (χ1v) is 5.31. The van der Waals surface area contributed by atoms with Crippen LogP contribution in [0.15, 0.2) is 12.1 Å². The zero-order valence-corrected chi connectivity index (χ0v) is 9.09. The molecule has 1 aliphatic heterocycles. The number of aromatic nitrogens is 1. The van der Waals surface area contributed by atoms with Crippen LogP contribution in [0.2, 0.25) is 5.02 Å². The maximum atomic E-state index is 5.97. The Morgan fingerprint density at radius 3 is 2.93 bits per heavy atom. The van der Waals surface area contributed by atoms with E-state index in [4.69, 9.17) is 11.6 Å². The summed E-state index contributed by atoms with van der Waals surface area (Å²) in [4.78, 5) is 6.69. The molecule has 1 aromatic heterocycles. The first-order valence-electron chi connectivity index (χ1n) is 4.93. The van der Waals surface area contributed by atoms with Gasteiger partial charge in [-0.15, -0.1) is 0 Å². The van der Waals surface area contributed by atoms with Crippen molar-refractivity contribution in [2.24, 2.45) is 0 Å². The lowest BCUT2D eigenvalue weighted by Gasteiger charge is -2.22. The van der Waals surface area contributed by atoms with Gasteiger partial charge in [-0.25, -0.2) is 4.98 Å². The topological polar surface area (TPSA) is 16.1 Å². The van der Waals surface area contributed by atoms with Gasteiger partial charge in [0.2, 0.25) is 0 Å². The molecule has 2 heterocycles. The Morgan fingerprint density at radius 2 is 2.36 bits per heavy atom. The van der Waals surface area contributed by atoms with Crippen molar-refractivity contribution in [2.75, 3.05) is 11.4 Å². The quantitative estimate of drug-likeness (QED) is 0.707. The molecule has 0 saturated carbocycles. The Balaban J connectivity index is 2.31. The van der Waals surface area contributed by atoms with Gasteiger partial charge in [0.05, 0.1) is 0 Å². The molecule has 0 aromatic carbocycles. The highest BCUT2D eigenvalue weighted by Gasteiger charge is 2.21. The van der Waals surface area contributed by atoms with Gasteiger partial charge in [-0.2, -0.15) is 0 Å². The smallest absolute Gasteiger partial charge is 0.130 e. The number of anilines is 1. The van der Waals surface area contributed by atoms with E-state index < -0.39 is 0 Å². The van der Waals surface area contributed by atoms with E-state index in [-0.39, 0.29) is 0 Å². The van der Waals surface area contributed by atoms with Crippen molar-refractivity contribution in [3.05, 3.63) is 29.8 Å². The van der Waals surface area contributed by atoms with Crippen molar-refractivity contribution in [3.8, 4) is 0 Å². The molecule has 1 aromatic rings. The van der Waals surface area contributed by atoms with E-state index in [1.54, 1.807) is 6.07 Å². The molecule has 1 radical (unpaired) electrons. The van der Waals surface area contributed by atoms with Crippen LogP contribution in [0.5, 0.6) is 0 Å². The third-order valence-corrected chi connectivity index (χ3v) is 2.90. The molecule has 0 bridgehead atoms. The molecule has 0 amide bonds. The molecule has 2 rings (SSSR count). The van der Waals surface area contributed by atoms with Crippen molar-refractivity contribution in [3.63, 3.8) is 0 Å². The predicted molar refractivity (Wildman–Crippen MR) is 59.7 cm³/mol. The van der Waals surface area contributed by atoms with Crippen molar-refractivity contribution >= 4 is 17.4 Å². The lowest BCUT2D eigenvalue weighted by atomic mass is 10.2. The van der Waals surface area contributed by atoms with Crippen LogP contribution >= 0.6 is 11.6 Å². The minimum absolute atomic E-state index is 0.570. The Morgan fingerprint density at radius 1 is 1.57 bits per heavy atom. The highest BCUT2D eigenvalue weighted by molar-refractivity contribution is 6.30. The lowest BCUT2D eigenvalue weighted by Crippen LogP contribution is -2.27. The molecule has 3 heteroatoms. The molecule has 14 heavy (non-hydrogen) atoms. The van der Waals surface area contributed by atoms with E-state index in [9.17, 15) is 0 Å². The van der Waals surface area contributed by atoms with Gasteiger partial charge in [-0.1, -0.05) is 11.6 Å². The van der Waals surface area contributed by atoms with Gasteiger partial charge < -0.3 is 4.90 Å². The number of hydrogen-bond donors (Lipinski definition) is 0. The summed E-state index contributed by atoms with van der Waals surface area (Å²) in [6.07, 6.45) is 2.47. The Hall–Kier alpha value is -0.760. The number of nitrogens with zero attached hydrogens (tertiary/aromatic N) is 2. The fraction of sp³-hybridized carbons (Fsp3) is 0.455. The van der Waals surface area contributed by atoms with Crippen molar-refractivity contribution in [1.29, 1.82) is 0 Å². The van der Waals surface area contributed by atoms with Crippen LogP contribution in [0.1, 0.15) is 25.5 Å². The Bertz CT molecular complexity index is 318. The van der Waals surface area contributed by atoms with Crippen LogP contribution in [0.4, 0.5) is 5.82 Å². The van der Waals surface area contributed by atoms with E-state index in [1.807, 2.05) is 6.07 Å². The second-order valence-corrected chi connectivity index (χ2v) is 4.26. The normalized spacial score (nSPS) is 21.6. The summed E-state index contributed by atoms with van der Waals surface area (Å²) in [5.74, 6) is 0.965. The van der Waals surface area contributed by atoms with Gasteiger partial charge in [0.25, 0.3) is 0 Å². The van der Waals surface area contributed by atoms with Crippen molar-refractivity contribution in [2.45, 2.75) is 25.8 Å². The zero-order valence-electron chi connectivity index (χ0n) is 8.33. The molecule has 0 spiro atoms. The summed E-state index contributed by atoms with van der Waals surface area (Å²) in [7, 11) is 0. The second kappa shape index (κ2) is 3.77. The highest BCUT2D eigenvalue weighted by atomic mass is 35.5. The van der Waals surface area contributed by atoms with Crippen LogP contribution in [0.3, 0.4) is 0 Å². The SMILES string of the molecule is [CH2]c1cc(Cl)cc(N2CCC[C@H]2C)n1. The third kappa shape index (κ3) is 1.85. The zero-order chi connectivity index (χ0) is 10.1. The maximum Gasteiger partial charge on any atom is 0.130 e. The van der Waals surface area contributed by atoms with E-state index in [0.717, 1.165) is 23.1 Å². The van der Waals surface area contributed by atoms with Gasteiger partial charge in [-0.05, 0) is 38.8 Å². The number of hydrogen-bond acceptors (Lipinski definition) is 2. The fourth-order valence-corrected chi connectivity index (χ4v) is 2.18. The van der Waals surface area contributed by atoms with Gasteiger partial charge in [0, 0.05) is 23.3 Å². The van der Waals surface area contributed by atoms with Crippen molar-refractivity contribution in [1.82, 2.24) is 4.98 Å². The Kier molecular flexibility index (Phi) is 2.64. The summed E-state index contributed by atoms with van der Waals surface area (Å²) in [6, 6.07) is 4.27. The summed E-state index contributed by atoms with van der Waals surface area (Å²) in [5, 5.41) is 0.721. The summed E-state index contributed by atoms with van der Waals surface area (Å²) in [5.41, 5.74) is 0.742. The molecule has 0 N–H and O–H groups in total. The maximum absolute atomic E-state index is 5.97. The van der Waals surface area contributed by atoms with E-state index in [1.165, 1.54) is 12.8 Å². The van der Waals surface area contributed by atoms with Crippen LogP contribution < -0.4 is 4.90 Å². The summed E-state index contributed by atoms with van der Waals surface area (Å²) < 4.78 is 0. The predicted octanol–water partition coefficient (Wildman–Crippen LogP) is 2.91. The van der Waals surface area contributed by atoms with Crippen LogP contribution in [-0.2, 0) is 0 Å². The highest BCUT2D eigenvalue weighted by Crippen LogP contribution is 2.26. The van der Waals surface area contributed by atoms with E-state index >= 15 is 0 Å². The molecule has 75 valence electrons. The molecule has 2 nitrogen and oxygen atoms in total.